The second-order valence-electron chi connectivity index (χ2n) is 9.99. The molecule has 7 nitrogen and oxygen atoms in total. The third kappa shape index (κ3) is 4.40. The number of hydrogen-bond acceptors (Lipinski definition) is 5. The Morgan fingerprint density at radius 2 is 1.81 bits per heavy atom. The van der Waals surface area contributed by atoms with Crippen molar-refractivity contribution >= 4 is 48.1 Å². The van der Waals surface area contributed by atoms with Crippen molar-refractivity contribution in [3.8, 4) is 11.3 Å². The Bertz CT molecular complexity index is 1510. The number of benzene rings is 2. The van der Waals surface area contributed by atoms with E-state index in [0.29, 0.717) is 29.6 Å². The molecule has 2 aromatic carbocycles. The maximum atomic E-state index is 13.3. The number of nitrogens with one attached hydrogen (secondary N) is 1. The predicted molar refractivity (Wildman–Crippen MR) is 148 cm³/mol. The molecule has 37 heavy (non-hydrogen) atoms. The topological polar surface area (TPSA) is 79.6 Å². The number of carbonyl (C=O) groups is 2. The number of anilines is 1. The fraction of sp³-hybridized carbons (Fsp3) is 0.286. The average Bonchev–Trinajstić information content (AvgIpc) is 3.47. The van der Waals surface area contributed by atoms with Crippen LogP contribution in [0.25, 0.3) is 16.9 Å². The van der Waals surface area contributed by atoms with Crippen LogP contribution >= 0.6 is 11.6 Å². The molecule has 2 aliphatic rings. The van der Waals surface area contributed by atoms with Gasteiger partial charge in [0.15, 0.2) is 11.4 Å². The molecule has 0 bridgehead atoms. The van der Waals surface area contributed by atoms with Gasteiger partial charge < -0.3 is 10.2 Å². The second-order valence-corrected chi connectivity index (χ2v) is 10.4. The number of fused-ring (bicyclic) bond motifs is 2. The lowest BCUT2D eigenvalue weighted by Crippen LogP contribution is -2.42. The molecule has 1 unspecified atom stereocenters. The van der Waals surface area contributed by atoms with Crippen LogP contribution in [-0.4, -0.2) is 58.7 Å². The molecule has 1 amide bonds. The first-order valence-electron chi connectivity index (χ1n) is 12.7. The maximum absolute atomic E-state index is 13.3. The van der Waals surface area contributed by atoms with Crippen LogP contribution in [-0.2, 0) is 4.79 Å². The number of nitrogens with zero attached hydrogens (tertiary/aromatic N) is 4. The van der Waals surface area contributed by atoms with Gasteiger partial charge in [0.2, 0.25) is 5.91 Å². The van der Waals surface area contributed by atoms with Gasteiger partial charge in [0, 0.05) is 54.5 Å². The summed E-state index contributed by atoms with van der Waals surface area (Å²) in [6, 6.07) is 17.2. The largest absolute Gasteiger partial charge is 0.370 e. The summed E-state index contributed by atoms with van der Waals surface area (Å²) in [5.41, 5.74) is 5.06. The lowest BCUT2D eigenvalue weighted by molar-refractivity contribution is -0.134. The number of likely N-dealkylation sites (tertiary alicyclic amines) is 1. The summed E-state index contributed by atoms with van der Waals surface area (Å²) in [5.74, 6) is 1.10. The van der Waals surface area contributed by atoms with Gasteiger partial charge in [-0.25, -0.2) is 4.98 Å². The van der Waals surface area contributed by atoms with Crippen molar-refractivity contribution in [3.05, 3.63) is 76.9 Å². The number of amides is 1. The highest BCUT2D eigenvalue weighted by molar-refractivity contribution is 6.36. The molecular weight excluding hydrogens is 485 g/mol. The van der Waals surface area contributed by atoms with Gasteiger partial charge in [-0.05, 0) is 35.9 Å². The number of rotatable bonds is 5. The number of halogens is 1. The highest BCUT2D eigenvalue weighted by atomic mass is 35.5. The van der Waals surface area contributed by atoms with Crippen molar-refractivity contribution < 1.29 is 9.59 Å². The molecule has 4 aromatic rings. The lowest BCUT2D eigenvalue weighted by Gasteiger charge is -2.34. The van der Waals surface area contributed by atoms with Crippen molar-refractivity contribution in [3.63, 3.8) is 0 Å². The molecule has 1 aliphatic heterocycles. The van der Waals surface area contributed by atoms with E-state index in [1.165, 1.54) is 0 Å². The van der Waals surface area contributed by atoms with E-state index in [0.717, 1.165) is 53.1 Å². The molecule has 1 aliphatic carbocycles. The van der Waals surface area contributed by atoms with E-state index in [2.05, 4.69) is 10.4 Å². The van der Waals surface area contributed by atoms with Crippen LogP contribution in [0.4, 0.5) is 5.82 Å². The summed E-state index contributed by atoms with van der Waals surface area (Å²) < 4.78 is 1.84. The fourth-order valence-electron chi connectivity index (χ4n) is 5.51. The standard InChI is InChI=1S/C28H27BClN5O2/c29-22-16-32-35-26(14-24(33-27(22)35)20-7-3-4-8-23(20)30)31-15-17-9-11-34(12-10-17)28(37)21-13-25(36)19-6-2-1-5-18(19)21/h1-8,14,16-17,21,31H,9-13,15,29H2. The Labute approximate surface area is 221 Å². The smallest absolute Gasteiger partial charge is 0.230 e. The summed E-state index contributed by atoms with van der Waals surface area (Å²) in [5, 5.41) is 8.77. The Morgan fingerprint density at radius 3 is 2.59 bits per heavy atom. The predicted octanol–water partition coefficient (Wildman–Crippen LogP) is 3.33. The first-order valence-corrected chi connectivity index (χ1v) is 13.1. The first-order chi connectivity index (χ1) is 18.0. The average molecular weight is 512 g/mol. The second kappa shape index (κ2) is 9.67. The summed E-state index contributed by atoms with van der Waals surface area (Å²) in [6.07, 6.45) is 3.92. The van der Waals surface area contributed by atoms with E-state index in [1.54, 1.807) is 0 Å². The third-order valence-electron chi connectivity index (χ3n) is 7.62. The van der Waals surface area contributed by atoms with Crippen molar-refractivity contribution in [2.24, 2.45) is 5.92 Å². The summed E-state index contributed by atoms with van der Waals surface area (Å²) in [4.78, 5) is 32.4. The molecule has 1 atom stereocenters. The number of aromatic nitrogens is 3. The highest BCUT2D eigenvalue weighted by Gasteiger charge is 2.37. The third-order valence-corrected chi connectivity index (χ3v) is 7.95. The van der Waals surface area contributed by atoms with Gasteiger partial charge in [0.25, 0.3) is 0 Å². The molecule has 0 spiro atoms. The molecule has 1 saturated heterocycles. The number of piperidine rings is 1. The Hall–Kier alpha value is -3.65. The minimum Gasteiger partial charge on any atom is -0.370 e. The van der Waals surface area contributed by atoms with Crippen molar-refractivity contribution in [1.82, 2.24) is 19.5 Å². The molecule has 3 heterocycles. The Balaban J connectivity index is 1.13. The molecule has 1 N–H and O–H groups in total. The molecule has 1 fully saturated rings. The minimum atomic E-state index is -0.338. The summed E-state index contributed by atoms with van der Waals surface area (Å²) >= 11 is 6.46. The van der Waals surface area contributed by atoms with Crippen LogP contribution in [0.15, 0.2) is 60.8 Å². The van der Waals surface area contributed by atoms with Crippen molar-refractivity contribution in [1.29, 1.82) is 0 Å². The van der Waals surface area contributed by atoms with E-state index in [1.807, 2.05) is 78.1 Å². The quantitative estimate of drug-likeness (QED) is 0.416. The number of ketones is 1. The SMILES string of the molecule is Bc1cnn2c(NCC3CCN(C(=O)C4CC(=O)c5ccccc54)CC3)cc(-c3ccccc3Cl)nc12. The first kappa shape index (κ1) is 23.7. The van der Waals surface area contributed by atoms with Crippen LogP contribution in [0.5, 0.6) is 0 Å². The van der Waals surface area contributed by atoms with Crippen LogP contribution in [0.3, 0.4) is 0 Å². The van der Waals surface area contributed by atoms with Gasteiger partial charge in [-0.15, -0.1) is 0 Å². The monoisotopic (exact) mass is 511 g/mol. The number of carbonyl (C=O) groups excluding carboxylic acids is 2. The van der Waals surface area contributed by atoms with Gasteiger partial charge in [0.05, 0.1) is 11.6 Å². The van der Waals surface area contributed by atoms with Crippen molar-refractivity contribution in [2.75, 3.05) is 25.0 Å². The van der Waals surface area contributed by atoms with Gasteiger partial charge in [0.1, 0.15) is 13.7 Å². The van der Waals surface area contributed by atoms with Crippen molar-refractivity contribution in [2.45, 2.75) is 25.2 Å². The van der Waals surface area contributed by atoms with Gasteiger partial charge in [-0.2, -0.15) is 9.61 Å². The maximum Gasteiger partial charge on any atom is 0.230 e. The highest BCUT2D eigenvalue weighted by Crippen LogP contribution is 2.35. The fourth-order valence-corrected chi connectivity index (χ4v) is 5.75. The molecule has 0 radical (unpaired) electrons. The Morgan fingerprint density at radius 1 is 1.08 bits per heavy atom. The zero-order valence-electron chi connectivity index (χ0n) is 20.7. The molecule has 186 valence electrons. The Kier molecular flexibility index (Phi) is 6.20. The van der Waals surface area contributed by atoms with E-state index < -0.39 is 0 Å². The molecule has 6 rings (SSSR count). The zero-order chi connectivity index (χ0) is 25.5. The lowest BCUT2D eigenvalue weighted by atomic mass is 9.94. The van der Waals surface area contributed by atoms with Crippen LogP contribution < -0.4 is 10.8 Å². The van der Waals surface area contributed by atoms with Crippen LogP contribution in [0.2, 0.25) is 5.02 Å². The normalized spacial score (nSPS) is 17.8. The van der Waals surface area contributed by atoms with E-state index in [-0.39, 0.29) is 24.0 Å². The molecule has 0 saturated carbocycles. The zero-order valence-corrected chi connectivity index (χ0v) is 21.4. The minimum absolute atomic E-state index is 0.0710. The molecule has 2 aromatic heterocycles. The van der Waals surface area contributed by atoms with E-state index >= 15 is 0 Å². The van der Waals surface area contributed by atoms with Gasteiger partial charge >= 0.3 is 0 Å². The van der Waals surface area contributed by atoms with E-state index in [9.17, 15) is 9.59 Å². The summed E-state index contributed by atoms with van der Waals surface area (Å²) in [7, 11) is 2.00. The van der Waals surface area contributed by atoms with E-state index in [4.69, 9.17) is 16.6 Å². The number of Topliss-reactive ketones (excluding diaryl/α,β-unsaturated/α-hetero) is 1. The van der Waals surface area contributed by atoms with Gasteiger partial charge in [-0.3, -0.25) is 9.59 Å². The molecular formula is C28H27BClN5O2. The van der Waals surface area contributed by atoms with Crippen LogP contribution in [0, 0.1) is 5.92 Å². The number of hydrogen-bond donors (Lipinski definition) is 1. The summed E-state index contributed by atoms with van der Waals surface area (Å²) in [6.45, 7) is 2.18. The molecule has 9 heteroatoms. The van der Waals surface area contributed by atoms with Crippen LogP contribution in [0.1, 0.15) is 41.1 Å². The van der Waals surface area contributed by atoms with Gasteiger partial charge in [-0.1, -0.05) is 54.1 Å².